The Morgan fingerprint density at radius 2 is 2.29 bits per heavy atom. The molecule has 0 saturated heterocycles. The Labute approximate surface area is 83.2 Å². The molecule has 0 aliphatic heterocycles. The molecule has 1 N–H and O–H groups in total. The van der Waals surface area contributed by atoms with E-state index in [9.17, 15) is 4.79 Å². The van der Waals surface area contributed by atoms with E-state index in [1.54, 1.807) is 32.4 Å². The number of aliphatic hydroxyl groups is 1. The van der Waals surface area contributed by atoms with Gasteiger partial charge in [-0.1, -0.05) is 0 Å². The lowest BCUT2D eigenvalue weighted by Crippen LogP contribution is -2.23. The highest BCUT2D eigenvalue weighted by atomic mass is 16.3. The Balaban J connectivity index is 2.72. The van der Waals surface area contributed by atoms with Crippen molar-refractivity contribution in [1.29, 1.82) is 0 Å². The molecule has 4 heteroatoms. The van der Waals surface area contributed by atoms with E-state index in [1.807, 2.05) is 0 Å². The first-order chi connectivity index (χ1) is 6.63. The quantitative estimate of drug-likeness (QED) is 0.748. The van der Waals surface area contributed by atoms with Gasteiger partial charge in [0, 0.05) is 20.3 Å². The molecule has 1 amide bonds. The summed E-state index contributed by atoms with van der Waals surface area (Å²) in [6.45, 7) is -0.0221. The number of hydrogen-bond acceptors (Lipinski definition) is 3. The molecule has 0 saturated carbocycles. The summed E-state index contributed by atoms with van der Waals surface area (Å²) < 4.78 is 0. The van der Waals surface area contributed by atoms with E-state index in [0.717, 1.165) is 5.56 Å². The van der Waals surface area contributed by atoms with Gasteiger partial charge in [-0.2, -0.15) is 0 Å². The van der Waals surface area contributed by atoms with Crippen LogP contribution in [0.5, 0.6) is 0 Å². The SMILES string of the molecule is CN(C)C(=O)Cc1cc(CO)ccn1. The van der Waals surface area contributed by atoms with Gasteiger partial charge in [0.1, 0.15) is 0 Å². The van der Waals surface area contributed by atoms with Gasteiger partial charge >= 0.3 is 0 Å². The Morgan fingerprint density at radius 3 is 2.86 bits per heavy atom. The molecule has 0 spiro atoms. The van der Waals surface area contributed by atoms with E-state index in [4.69, 9.17) is 5.11 Å². The number of pyridine rings is 1. The second kappa shape index (κ2) is 4.72. The fraction of sp³-hybridized carbons (Fsp3) is 0.400. The normalized spacial score (nSPS) is 9.93. The van der Waals surface area contributed by atoms with Crippen LogP contribution in [0.3, 0.4) is 0 Å². The van der Waals surface area contributed by atoms with Gasteiger partial charge < -0.3 is 10.0 Å². The first kappa shape index (κ1) is 10.7. The zero-order valence-corrected chi connectivity index (χ0v) is 8.40. The van der Waals surface area contributed by atoms with E-state index in [0.29, 0.717) is 5.69 Å². The minimum Gasteiger partial charge on any atom is -0.392 e. The number of amides is 1. The van der Waals surface area contributed by atoms with Crippen molar-refractivity contribution in [2.45, 2.75) is 13.0 Å². The van der Waals surface area contributed by atoms with Crippen molar-refractivity contribution in [1.82, 2.24) is 9.88 Å². The standard InChI is InChI=1S/C10H14N2O2/c1-12(2)10(14)6-9-5-8(7-13)3-4-11-9/h3-5,13H,6-7H2,1-2H3. The topological polar surface area (TPSA) is 53.4 Å². The maximum atomic E-state index is 11.3. The third-order valence-corrected chi connectivity index (χ3v) is 1.89. The van der Waals surface area contributed by atoms with Gasteiger partial charge in [-0.25, -0.2) is 0 Å². The number of carbonyl (C=O) groups excluding carboxylic acids is 1. The third-order valence-electron chi connectivity index (χ3n) is 1.89. The lowest BCUT2D eigenvalue weighted by molar-refractivity contribution is -0.128. The smallest absolute Gasteiger partial charge is 0.228 e. The Morgan fingerprint density at radius 1 is 1.57 bits per heavy atom. The minimum atomic E-state index is -0.0221. The molecule has 0 radical (unpaired) electrons. The van der Waals surface area contributed by atoms with Gasteiger partial charge in [-0.3, -0.25) is 9.78 Å². The van der Waals surface area contributed by atoms with Crippen molar-refractivity contribution in [3.63, 3.8) is 0 Å². The van der Waals surface area contributed by atoms with Crippen LogP contribution in [0.15, 0.2) is 18.3 Å². The summed E-state index contributed by atoms with van der Waals surface area (Å²) in [6.07, 6.45) is 1.88. The lowest BCUT2D eigenvalue weighted by Gasteiger charge is -2.09. The van der Waals surface area contributed by atoms with E-state index in [1.165, 1.54) is 4.90 Å². The summed E-state index contributed by atoms with van der Waals surface area (Å²) in [5.41, 5.74) is 1.47. The largest absolute Gasteiger partial charge is 0.392 e. The molecule has 0 atom stereocenters. The number of hydrogen-bond donors (Lipinski definition) is 1. The number of aliphatic hydroxyl groups excluding tert-OH is 1. The Bertz CT molecular complexity index is 324. The molecule has 0 unspecified atom stereocenters. The van der Waals surface area contributed by atoms with Gasteiger partial charge in [0.25, 0.3) is 0 Å². The molecule has 0 bridgehead atoms. The van der Waals surface area contributed by atoms with Crippen LogP contribution in [-0.2, 0) is 17.8 Å². The van der Waals surface area contributed by atoms with Gasteiger partial charge in [0.2, 0.25) is 5.91 Å². The predicted octanol–water partition coefficient (Wildman–Crippen LogP) is 0.205. The number of rotatable bonds is 3. The van der Waals surface area contributed by atoms with Crippen LogP contribution >= 0.6 is 0 Å². The van der Waals surface area contributed by atoms with Crippen molar-refractivity contribution in [2.75, 3.05) is 14.1 Å². The van der Waals surface area contributed by atoms with E-state index in [2.05, 4.69) is 4.98 Å². The van der Waals surface area contributed by atoms with Crippen LogP contribution in [0.2, 0.25) is 0 Å². The van der Waals surface area contributed by atoms with Gasteiger partial charge in [0.05, 0.1) is 18.7 Å². The van der Waals surface area contributed by atoms with E-state index >= 15 is 0 Å². The minimum absolute atomic E-state index is 0.00703. The van der Waals surface area contributed by atoms with Crippen LogP contribution in [0.25, 0.3) is 0 Å². The van der Waals surface area contributed by atoms with Crippen molar-refractivity contribution in [3.8, 4) is 0 Å². The lowest BCUT2D eigenvalue weighted by atomic mass is 10.2. The summed E-state index contributed by atoms with van der Waals surface area (Å²) in [6, 6.07) is 3.46. The highest BCUT2D eigenvalue weighted by Gasteiger charge is 2.06. The molecule has 1 aromatic heterocycles. The van der Waals surface area contributed by atoms with Crippen LogP contribution in [0, 0.1) is 0 Å². The zero-order chi connectivity index (χ0) is 10.6. The molecular formula is C10H14N2O2. The molecule has 0 aliphatic carbocycles. The monoisotopic (exact) mass is 194 g/mol. The second-order valence-electron chi connectivity index (χ2n) is 3.28. The second-order valence-corrected chi connectivity index (χ2v) is 3.28. The highest BCUT2D eigenvalue weighted by Crippen LogP contribution is 2.03. The highest BCUT2D eigenvalue weighted by molar-refractivity contribution is 5.77. The van der Waals surface area contributed by atoms with Crippen molar-refractivity contribution >= 4 is 5.91 Å². The van der Waals surface area contributed by atoms with E-state index in [-0.39, 0.29) is 18.9 Å². The summed E-state index contributed by atoms with van der Waals surface area (Å²) in [7, 11) is 3.41. The third kappa shape index (κ3) is 2.81. The van der Waals surface area contributed by atoms with Gasteiger partial charge in [-0.05, 0) is 17.7 Å². The number of likely N-dealkylation sites (N-methyl/N-ethyl adjacent to an activating group) is 1. The molecular weight excluding hydrogens is 180 g/mol. The maximum absolute atomic E-state index is 11.3. The first-order valence-corrected chi connectivity index (χ1v) is 4.38. The molecule has 1 heterocycles. The Hall–Kier alpha value is -1.42. The molecule has 14 heavy (non-hydrogen) atoms. The summed E-state index contributed by atoms with van der Waals surface area (Å²) in [5.74, 6) is 0.00703. The van der Waals surface area contributed by atoms with E-state index < -0.39 is 0 Å². The van der Waals surface area contributed by atoms with Crippen LogP contribution < -0.4 is 0 Å². The summed E-state index contributed by atoms with van der Waals surface area (Å²) in [5, 5.41) is 8.88. The van der Waals surface area contributed by atoms with Gasteiger partial charge in [0.15, 0.2) is 0 Å². The zero-order valence-electron chi connectivity index (χ0n) is 8.40. The predicted molar refractivity (Wildman–Crippen MR) is 52.6 cm³/mol. The maximum Gasteiger partial charge on any atom is 0.228 e. The van der Waals surface area contributed by atoms with Crippen molar-refractivity contribution in [2.24, 2.45) is 0 Å². The molecule has 1 rings (SSSR count). The molecule has 1 aromatic rings. The van der Waals surface area contributed by atoms with Gasteiger partial charge in [-0.15, -0.1) is 0 Å². The summed E-state index contributed by atoms with van der Waals surface area (Å²) in [4.78, 5) is 16.9. The van der Waals surface area contributed by atoms with Crippen LogP contribution in [0.4, 0.5) is 0 Å². The molecule has 0 fully saturated rings. The fourth-order valence-corrected chi connectivity index (χ4v) is 1.04. The summed E-state index contributed by atoms with van der Waals surface area (Å²) >= 11 is 0. The van der Waals surface area contributed by atoms with Crippen LogP contribution in [0.1, 0.15) is 11.3 Å². The number of aromatic nitrogens is 1. The molecule has 76 valence electrons. The average molecular weight is 194 g/mol. The number of carbonyl (C=O) groups is 1. The number of nitrogens with zero attached hydrogens (tertiary/aromatic N) is 2. The molecule has 0 aliphatic rings. The average Bonchev–Trinajstić information content (AvgIpc) is 2.18. The molecule has 0 aromatic carbocycles. The van der Waals surface area contributed by atoms with Crippen molar-refractivity contribution in [3.05, 3.63) is 29.6 Å². The Kier molecular flexibility index (Phi) is 3.59. The fourth-order valence-electron chi connectivity index (χ4n) is 1.04. The molecule has 4 nitrogen and oxygen atoms in total. The van der Waals surface area contributed by atoms with Crippen LogP contribution in [-0.4, -0.2) is 35.0 Å². The van der Waals surface area contributed by atoms with Crippen molar-refractivity contribution < 1.29 is 9.90 Å². The first-order valence-electron chi connectivity index (χ1n) is 4.38.